The molecular formula is C16H15NO. The zero-order chi connectivity index (χ0) is 11.7. The van der Waals surface area contributed by atoms with Crippen LogP contribution in [-0.4, -0.2) is 18.7 Å². The van der Waals surface area contributed by atoms with E-state index in [9.17, 15) is 0 Å². The highest BCUT2D eigenvalue weighted by Gasteiger charge is 2.57. The molecule has 1 saturated heterocycles. The smallest absolute Gasteiger partial charge is 0.131 e. The summed E-state index contributed by atoms with van der Waals surface area (Å²) in [5, 5.41) is 3.67. The van der Waals surface area contributed by atoms with E-state index in [1.807, 2.05) is 0 Å². The predicted octanol–water partition coefficient (Wildman–Crippen LogP) is 2.10. The summed E-state index contributed by atoms with van der Waals surface area (Å²) in [7, 11) is 0. The minimum Gasteiger partial charge on any atom is -0.485 e. The van der Waals surface area contributed by atoms with Gasteiger partial charge in [-0.15, -0.1) is 0 Å². The number of nitrogens with one attached hydrogen (secondary N) is 1. The van der Waals surface area contributed by atoms with E-state index >= 15 is 0 Å². The first-order chi connectivity index (χ1) is 8.89. The van der Waals surface area contributed by atoms with Gasteiger partial charge in [-0.3, -0.25) is 0 Å². The van der Waals surface area contributed by atoms with Gasteiger partial charge in [-0.1, -0.05) is 24.3 Å². The molecule has 1 aromatic rings. The van der Waals surface area contributed by atoms with Crippen LogP contribution in [0.4, 0.5) is 0 Å². The maximum absolute atomic E-state index is 6.22. The molecule has 90 valence electrons. The van der Waals surface area contributed by atoms with Crippen molar-refractivity contribution in [2.24, 2.45) is 0 Å². The second kappa shape index (κ2) is 2.89. The largest absolute Gasteiger partial charge is 0.485 e. The number of hydrogen-bond acceptors (Lipinski definition) is 2. The van der Waals surface area contributed by atoms with Gasteiger partial charge in [-0.2, -0.15) is 0 Å². The number of piperidine rings is 1. The lowest BCUT2D eigenvalue weighted by Crippen LogP contribution is -2.57. The number of ether oxygens (including phenoxy) is 1. The van der Waals surface area contributed by atoms with Crippen molar-refractivity contribution in [3.8, 4) is 5.75 Å². The summed E-state index contributed by atoms with van der Waals surface area (Å²) in [4.78, 5) is 0. The maximum Gasteiger partial charge on any atom is 0.131 e. The fourth-order valence-corrected chi connectivity index (χ4v) is 4.45. The Hall–Kier alpha value is -1.54. The Morgan fingerprint density at radius 3 is 3.33 bits per heavy atom. The SMILES string of the molecule is C1=CC2Oc3cccc4c3C23CCNC(C4)C3=C1. The van der Waals surface area contributed by atoms with E-state index in [0.29, 0.717) is 6.04 Å². The van der Waals surface area contributed by atoms with E-state index in [2.05, 4.69) is 41.7 Å². The van der Waals surface area contributed by atoms with Gasteiger partial charge < -0.3 is 10.1 Å². The van der Waals surface area contributed by atoms with Crippen LogP contribution in [0.2, 0.25) is 0 Å². The van der Waals surface area contributed by atoms with E-state index in [4.69, 9.17) is 4.74 Å². The zero-order valence-corrected chi connectivity index (χ0v) is 10.1. The molecule has 5 rings (SSSR count). The molecule has 1 spiro atoms. The van der Waals surface area contributed by atoms with Crippen molar-refractivity contribution in [3.05, 3.63) is 53.1 Å². The van der Waals surface area contributed by atoms with Gasteiger partial charge in [0.25, 0.3) is 0 Å². The van der Waals surface area contributed by atoms with E-state index in [0.717, 1.165) is 25.1 Å². The van der Waals surface area contributed by atoms with Crippen LogP contribution in [0.3, 0.4) is 0 Å². The number of rotatable bonds is 0. The standard InChI is InChI=1S/C16H15NO/c1-3-10-9-12-11-4-2-6-14-16(11,7-8-17-12)15(10)13(5-1)18-14/h1-6,12,14,17H,7-9H2. The Labute approximate surface area is 106 Å². The van der Waals surface area contributed by atoms with Crippen molar-refractivity contribution in [2.75, 3.05) is 6.54 Å². The Morgan fingerprint density at radius 1 is 1.33 bits per heavy atom. The molecule has 0 saturated carbocycles. The molecule has 0 amide bonds. The monoisotopic (exact) mass is 237 g/mol. The summed E-state index contributed by atoms with van der Waals surface area (Å²) in [5.41, 5.74) is 4.68. The summed E-state index contributed by atoms with van der Waals surface area (Å²) >= 11 is 0. The predicted molar refractivity (Wildman–Crippen MR) is 69.9 cm³/mol. The van der Waals surface area contributed by atoms with Gasteiger partial charge in [0.2, 0.25) is 0 Å². The third kappa shape index (κ3) is 0.852. The average molecular weight is 237 g/mol. The fourth-order valence-electron chi connectivity index (χ4n) is 4.45. The molecule has 2 nitrogen and oxygen atoms in total. The zero-order valence-electron chi connectivity index (χ0n) is 10.1. The lowest BCUT2D eigenvalue weighted by molar-refractivity contribution is 0.176. The number of allylic oxidation sites excluding steroid dienone is 2. The van der Waals surface area contributed by atoms with Crippen LogP contribution in [0.15, 0.2) is 42.0 Å². The fraction of sp³-hybridized carbons (Fsp3) is 0.375. The molecule has 2 aliphatic carbocycles. The van der Waals surface area contributed by atoms with Crippen LogP contribution in [0.5, 0.6) is 5.75 Å². The van der Waals surface area contributed by atoms with Crippen molar-refractivity contribution >= 4 is 0 Å². The van der Waals surface area contributed by atoms with Crippen molar-refractivity contribution < 1.29 is 4.74 Å². The van der Waals surface area contributed by atoms with Gasteiger partial charge in [0, 0.05) is 11.6 Å². The lowest BCUT2D eigenvalue weighted by Gasteiger charge is -2.49. The third-order valence-electron chi connectivity index (χ3n) is 5.08. The molecule has 4 aliphatic rings. The molecule has 1 N–H and O–H groups in total. The van der Waals surface area contributed by atoms with Crippen LogP contribution < -0.4 is 10.1 Å². The molecular weight excluding hydrogens is 222 g/mol. The first-order valence-corrected chi connectivity index (χ1v) is 6.81. The van der Waals surface area contributed by atoms with Crippen molar-refractivity contribution in [2.45, 2.75) is 30.4 Å². The Kier molecular flexibility index (Phi) is 1.51. The molecule has 3 unspecified atom stereocenters. The molecule has 1 fully saturated rings. The van der Waals surface area contributed by atoms with Gasteiger partial charge in [-0.05, 0) is 42.7 Å². The van der Waals surface area contributed by atoms with Gasteiger partial charge in [-0.25, -0.2) is 0 Å². The molecule has 2 heteroatoms. The topological polar surface area (TPSA) is 21.3 Å². The van der Waals surface area contributed by atoms with Crippen LogP contribution >= 0.6 is 0 Å². The molecule has 18 heavy (non-hydrogen) atoms. The van der Waals surface area contributed by atoms with Crippen LogP contribution in [0.25, 0.3) is 0 Å². The molecule has 0 radical (unpaired) electrons. The van der Waals surface area contributed by atoms with E-state index < -0.39 is 0 Å². The second-order valence-electron chi connectivity index (χ2n) is 5.77. The molecule has 3 atom stereocenters. The van der Waals surface area contributed by atoms with Crippen LogP contribution in [0, 0.1) is 0 Å². The molecule has 2 bridgehead atoms. The molecule has 1 aromatic carbocycles. The second-order valence-corrected chi connectivity index (χ2v) is 5.77. The lowest BCUT2D eigenvalue weighted by atomic mass is 9.58. The average Bonchev–Trinajstić information content (AvgIpc) is 2.70. The van der Waals surface area contributed by atoms with E-state index in [-0.39, 0.29) is 11.5 Å². The van der Waals surface area contributed by atoms with Crippen LogP contribution in [-0.2, 0) is 11.8 Å². The molecule has 0 aromatic heterocycles. The van der Waals surface area contributed by atoms with Crippen molar-refractivity contribution in [1.82, 2.24) is 5.32 Å². The first kappa shape index (κ1) is 9.40. The minimum atomic E-state index is 0.148. The van der Waals surface area contributed by atoms with Gasteiger partial charge in [0.1, 0.15) is 11.9 Å². The number of benzene rings is 1. The Balaban J connectivity index is 1.91. The summed E-state index contributed by atoms with van der Waals surface area (Å²) in [6.45, 7) is 1.10. The minimum absolute atomic E-state index is 0.148. The molecule has 2 heterocycles. The highest BCUT2D eigenvalue weighted by molar-refractivity contribution is 5.63. The van der Waals surface area contributed by atoms with Crippen LogP contribution in [0.1, 0.15) is 17.5 Å². The van der Waals surface area contributed by atoms with Crippen molar-refractivity contribution in [3.63, 3.8) is 0 Å². The Morgan fingerprint density at radius 2 is 2.33 bits per heavy atom. The third-order valence-corrected chi connectivity index (χ3v) is 5.08. The summed E-state index contributed by atoms with van der Waals surface area (Å²) < 4.78 is 6.22. The number of hydrogen-bond donors (Lipinski definition) is 1. The maximum atomic E-state index is 6.22. The quantitative estimate of drug-likeness (QED) is 0.746. The van der Waals surface area contributed by atoms with E-state index in [1.165, 1.54) is 11.1 Å². The highest BCUT2D eigenvalue weighted by Crippen LogP contribution is 2.57. The normalized spacial score (nSPS) is 37.9. The summed E-state index contributed by atoms with van der Waals surface area (Å²) in [6, 6.07) is 7.06. The van der Waals surface area contributed by atoms with E-state index in [1.54, 1.807) is 5.57 Å². The highest BCUT2D eigenvalue weighted by atomic mass is 16.5. The van der Waals surface area contributed by atoms with Gasteiger partial charge in [0.05, 0.1) is 5.41 Å². The summed E-state index contributed by atoms with van der Waals surface area (Å²) in [5.74, 6) is 1.12. The van der Waals surface area contributed by atoms with Gasteiger partial charge >= 0.3 is 0 Å². The van der Waals surface area contributed by atoms with Crippen molar-refractivity contribution in [1.29, 1.82) is 0 Å². The molecule has 2 aliphatic heterocycles. The first-order valence-electron chi connectivity index (χ1n) is 6.81. The summed E-state index contributed by atoms with van der Waals surface area (Å²) in [6.07, 6.45) is 9.23. The Bertz CT molecular complexity index is 616. The van der Waals surface area contributed by atoms with Gasteiger partial charge in [0.15, 0.2) is 0 Å².